The van der Waals surface area contributed by atoms with Crippen LogP contribution in [0.4, 0.5) is 10.1 Å². The molecular formula is C28H34FN7O5. The molecule has 0 radical (unpaired) electrons. The molecule has 3 aromatic rings. The summed E-state index contributed by atoms with van der Waals surface area (Å²) >= 11 is 0. The fraction of sp³-hybridized carbons (Fsp3) is 0.357. The summed E-state index contributed by atoms with van der Waals surface area (Å²) < 4.78 is 17.0. The summed E-state index contributed by atoms with van der Waals surface area (Å²) in [4.78, 5) is 44.6. The second kappa shape index (κ2) is 14.7. The van der Waals surface area contributed by atoms with E-state index < -0.39 is 11.8 Å². The second-order valence-electron chi connectivity index (χ2n) is 9.38. The minimum atomic E-state index is -1.04. The Morgan fingerprint density at radius 1 is 1.17 bits per heavy atom. The Balaban J connectivity index is 0.000000397. The Kier molecular flexibility index (Phi) is 11.0. The highest BCUT2D eigenvalue weighted by atomic mass is 19.1. The van der Waals surface area contributed by atoms with E-state index in [1.807, 2.05) is 9.58 Å². The third-order valence-corrected chi connectivity index (χ3v) is 6.63. The van der Waals surface area contributed by atoms with E-state index in [4.69, 9.17) is 10.5 Å². The first-order valence-corrected chi connectivity index (χ1v) is 13.1. The smallest absolute Gasteiger partial charge is 0.322 e. The number of benzene rings is 2. The van der Waals surface area contributed by atoms with Crippen molar-refractivity contribution in [3.8, 4) is 11.1 Å². The van der Waals surface area contributed by atoms with Gasteiger partial charge in [-0.1, -0.05) is 12.1 Å². The van der Waals surface area contributed by atoms with Crippen molar-refractivity contribution in [1.82, 2.24) is 25.3 Å². The number of hydrogen-bond acceptors (Lipinski definition) is 8. The molecule has 2 aromatic carbocycles. The van der Waals surface area contributed by atoms with E-state index in [2.05, 4.69) is 21.0 Å². The molecule has 2 amide bonds. The molecule has 1 fully saturated rings. The van der Waals surface area contributed by atoms with Gasteiger partial charge < -0.3 is 36.2 Å². The molecule has 0 saturated carbocycles. The van der Waals surface area contributed by atoms with Crippen molar-refractivity contribution < 1.29 is 28.7 Å². The summed E-state index contributed by atoms with van der Waals surface area (Å²) in [5, 5.41) is 28.9. The number of anilines is 1. The van der Waals surface area contributed by atoms with Crippen molar-refractivity contribution in [2.24, 2.45) is 0 Å². The molecule has 2 heterocycles. The number of carboxylic acids is 1. The van der Waals surface area contributed by atoms with Crippen molar-refractivity contribution in [2.45, 2.75) is 25.8 Å². The first-order chi connectivity index (χ1) is 19.7. The van der Waals surface area contributed by atoms with Gasteiger partial charge in [-0.2, -0.15) is 5.10 Å². The van der Waals surface area contributed by atoms with E-state index in [1.54, 1.807) is 44.4 Å². The van der Waals surface area contributed by atoms with Gasteiger partial charge in [0.2, 0.25) is 11.8 Å². The molecule has 1 aliphatic heterocycles. The number of likely N-dealkylation sites (N-methyl/N-ethyl adjacent to an activating group) is 1. The Bertz CT molecular complexity index is 1420. The highest BCUT2D eigenvalue weighted by molar-refractivity contribution is 5.97. The number of hydrogen-bond donors (Lipinski definition) is 5. The molecule has 218 valence electrons. The molecule has 0 atom stereocenters. The van der Waals surface area contributed by atoms with Crippen molar-refractivity contribution >= 4 is 46.9 Å². The van der Waals surface area contributed by atoms with E-state index in [-0.39, 0.29) is 37.5 Å². The first-order valence-electron chi connectivity index (χ1n) is 13.1. The van der Waals surface area contributed by atoms with Crippen LogP contribution in [0.25, 0.3) is 22.0 Å². The average molecular weight is 568 g/mol. The van der Waals surface area contributed by atoms with E-state index in [9.17, 15) is 19.2 Å². The van der Waals surface area contributed by atoms with Gasteiger partial charge in [0.1, 0.15) is 18.6 Å². The number of rotatable bonds is 10. The number of fused-ring (bicyclic) bond motifs is 1. The summed E-state index contributed by atoms with van der Waals surface area (Å²) in [5.74, 6) is -1.67. The van der Waals surface area contributed by atoms with Crippen LogP contribution in [0.5, 0.6) is 0 Å². The number of aromatic nitrogens is 2. The maximum absolute atomic E-state index is 15.1. The van der Waals surface area contributed by atoms with Gasteiger partial charge in [-0.15, -0.1) is 0 Å². The largest absolute Gasteiger partial charge is 0.480 e. The number of aldehydes is 1. The highest BCUT2D eigenvalue weighted by Crippen LogP contribution is 2.34. The summed E-state index contributed by atoms with van der Waals surface area (Å²) in [6.45, 7) is 2.87. The predicted octanol–water partition coefficient (Wildman–Crippen LogP) is 2.04. The predicted molar refractivity (Wildman–Crippen MR) is 153 cm³/mol. The molecule has 0 aliphatic carbocycles. The zero-order valence-electron chi connectivity index (χ0n) is 22.9. The Labute approximate surface area is 236 Å². The normalized spacial score (nSPS) is 13.2. The highest BCUT2D eigenvalue weighted by Gasteiger charge is 2.24. The lowest BCUT2D eigenvalue weighted by Gasteiger charge is -2.31. The topological polar surface area (TPSA) is 170 Å². The Morgan fingerprint density at radius 2 is 1.90 bits per heavy atom. The minimum Gasteiger partial charge on any atom is -0.480 e. The minimum absolute atomic E-state index is 0.0791. The molecular weight excluding hydrogens is 533 g/mol. The lowest BCUT2D eigenvalue weighted by molar-refractivity contribution is -0.137. The molecule has 4 rings (SSSR count). The van der Waals surface area contributed by atoms with Crippen LogP contribution in [0.2, 0.25) is 0 Å². The Hall–Kier alpha value is -4.65. The lowest BCUT2D eigenvalue weighted by Crippen LogP contribution is -2.37. The summed E-state index contributed by atoms with van der Waals surface area (Å²) in [6.07, 6.45) is 5.16. The fourth-order valence-electron chi connectivity index (χ4n) is 4.65. The average Bonchev–Trinajstić information content (AvgIpc) is 3.37. The monoisotopic (exact) mass is 567 g/mol. The first kappa shape index (κ1) is 30.9. The maximum Gasteiger partial charge on any atom is 0.322 e. The number of carbonyl (C=O) groups is 4. The van der Waals surface area contributed by atoms with Crippen molar-refractivity contribution in [2.75, 3.05) is 45.1 Å². The number of nitrogens with zero attached hydrogens (tertiary/aromatic N) is 3. The number of halogens is 1. The third-order valence-electron chi connectivity index (χ3n) is 6.63. The number of carbonyl (C=O) groups excluding carboxylic acids is 3. The second-order valence-corrected chi connectivity index (χ2v) is 9.38. The van der Waals surface area contributed by atoms with Crippen LogP contribution in [0.15, 0.2) is 36.5 Å². The van der Waals surface area contributed by atoms with Gasteiger partial charge in [-0.05, 0) is 43.7 Å². The summed E-state index contributed by atoms with van der Waals surface area (Å²) in [7, 11) is 1.61. The van der Waals surface area contributed by atoms with Gasteiger partial charge in [-0.3, -0.25) is 19.1 Å². The van der Waals surface area contributed by atoms with Gasteiger partial charge in [-0.25, -0.2) is 4.39 Å². The third kappa shape index (κ3) is 7.94. The molecule has 13 heteroatoms. The zero-order valence-corrected chi connectivity index (χ0v) is 22.9. The van der Waals surface area contributed by atoms with Gasteiger partial charge in [0.25, 0.3) is 0 Å². The summed E-state index contributed by atoms with van der Waals surface area (Å²) in [6, 6.07) is 8.68. The van der Waals surface area contributed by atoms with Gasteiger partial charge >= 0.3 is 5.97 Å². The van der Waals surface area contributed by atoms with Crippen molar-refractivity contribution in [3.05, 3.63) is 47.9 Å². The van der Waals surface area contributed by atoms with Gasteiger partial charge in [0, 0.05) is 48.4 Å². The molecule has 0 bridgehead atoms. The number of likely N-dealkylation sites (tertiary alicyclic amines) is 1. The van der Waals surface area contributed by atoms with Crippen LogP contribution in [0.1, 0.15) is 31.4 Å². The molecule has 41 heavy (non-hydrogen) atoms. The molecule has 0 spiro atoms. The molecule has 1 aliphatic rings. The molecule has 0 unspecified atom stereocenters. The Morgan fingerprint density at radius 3 is 2.51 bits per heavy atom. The molecule has 5 N–H and O–H groups in total. The maximum atomic E-state index is 15.1. The van der Waals surface area contributed by atoms with E-state index >= 15 is 4.39 Å². The lowest BCUT2D eigenvalue weighted by atomic mass is 9.97. The van der Waals surface area contributed by atoms with Crippen molar-refractivity contribution in [1.29, 1.82) is 5.41 Å². The van der Waals surface area contributed by atoms with Crippen LogP contribution in [-0.2, 0) is 19.2 Å². The number of carboxylic acid groups (broad SMARTS) is 1. The standard InChI is InChI=1S/C23H24FN5O2.C5H10N2O3/c1-15(31)28-8-5-17(6-9-28)29-23-12-19(21(24)11-16(23)14-27-29)18-3-2-4-22(20(18)13-25)26-7-10-30;1-6-2-4(8)7-3-5(9)10/h2-4,10-14,17,25-26H,5-9H2,1H3;6H,2-3H2,1H3,(H,7,8)(H,9,10). The number of nitrogens with one attached hydrogen (secondary N) is 4. The van der Waals surface area contributed by atoms with Crippen molar-refractivity contribution in [3.63, 3.8) is 0 Å². The molecule has 12 nitrogen and oxygen atoms in total. The zero-order chi connectivity index (χ0) is 29.9. The SMILES string of the molecule is CC(=O)N1CCC(n2ncc3cc(F)c(-c4cccc(NCC=O)c4C=N)cc32)CC1.CNCC(=O)NCC(=O)O. The van der Waals surface area contributed by atoms with Crippen LogP contribution in [0, 0.1) is 11.2 Å². The number of amides is 2. The van der Waals surface area contributed by atoms with E-state index in [0.717, 1.165) is 24.6 Å². The fourth-order valence-corrected chi connectivity index (χ4v) is 4.65. The van der Waals surface area contributed by atoms with Gasteiger partial charge in [0.15, 0.2) is 0 Å². The number of aliphatic carboxylic acids is 1. The molecule has 1 saturated heterocycles. The molecule has 1 aromatic heterocycles. The van der Waals surface area contributed by atoms with E-state index in [1.165, 1.54) is 12.3 Å². The van der Waals surface area contributed by atoms with Gasteiger partial charge in [0.05, 0.1) is 30.8 Å². The van der Waals surface area contributed by atoms with E-state index in [0.29, 0.717) is 40.9 Å². The van der Waals surface area contributed by atoms with Crippen LogP contribution < -0.4 is 16.0 Å². The summed E-state index contributed by atoms with van der Waals surface area (Å²) in [5.41, 5.74) is 2.89. The quantitative estimate of drug-likeness (QED) is 0.183. The van der Waals surface area contributed by atoms with Crippen LogP contribution in [0.3, 0.4) is 0 Å². The van der Waals surface area contributed by atoms with Crippen LogP contribution in [-0.4, -0.2) is 89.8 Å². The van der Waals surface area contributed by atoms with Crippen LogP contribution >= 0.6 is 0 Å². The number of piperidine rings is 1.